The molecule has 1 aliphatic heterocycles. The summed E-state index contributed by atoms with van der Waals surface area (Å²) < 4.78 is 0. The van der Waals surface area contributed by atoms with E-state index in [0.717, 1.165) is 5.56 Å². The highest BCUT2D eigenvalue weighted by Crippen LogP contribution is 2.22. The lowest BCUT2D eigenvalue weighted by molar-refractivity contribution is -0.138. The van der Waals surface area contributed by atoms with E-state index in [1.54, 1.807) is 19.0 Å². The number of piperidine rings is 1. The van der Waals surface area contributed by atoms with E-state index < -0.39 is 12.0 Å². The molecule has 25 heavy (non-hydrogen) atoms. The standard InChI is InChI=1S/C18H25N3O4/c1-20(2)18(25)21-10-8-14(9-11-21)17(24)19-15(12-16(22)23)13-6-4-3-5-7-13/h3-7,14-15H,8-12H2,1-2H3,(H,19,24)(H,22,23). The van der Waals surface area contributed by atoms with Gasteiger partial charge in [0.2, 0.25) is 5.91 Å². The van der Waals surface area contributed by atoms with Gasteiger partial charge in [-0.15, -0.1) is 0 Å². The zero-order valence-corrected chi connectivity index (χ0v) is 14.6. The number of nitrogens with one attached hydrogen (secondary N) is 1. The Morgan fingerprint density at radius 1 is 1.20 bits per heavy atom. The van der Waals surface area contributed by atoms with Crippen LogP contribution in [-0.4, -0.2) is 60.0 Å². The molecule has 0 aliphatic carbocycles. The Balaban J connectivity index is 1.95. The number of nitrogens with zero attached hydrogens (tertiary/aromatic N) is 2. The number of carboxylic acid groups (broad SMARTS) is 1. The summed E-state index contributed by atoms with van der Waals surface area (Å²) in [5, 5.41) is 12.0. The molecule has 1 saturated heterocycles. The first-order chi connectivity index (χ1) is 11.9. The fraction of sp³-hybridized carbons (Fsp3) is 0.500. The molecule has 1 aromatic rings. The molecule has 7 heteroatoms. The topological polar surface area (TPSA) is 90.0 Å². The minimum atomic E-state index is -0.958. The number of urea groups is 1. The first kappa shape index (κ1) is 18.8. The fourth-order valence-corrected chi connectivity index (χ4v) is 3.02. The van der Waals surface area contributed by atoms with Crippen LogP contribution in [0, 0.1) is 5.92 Å². The molecule has 0 aromatic heterocycles. The highest BCUT2D eigenvalue weighted by Gasteiger charge is 2.29. The molecule has 136 valence electrons. The number of amides is 3. The normalized spacial score (nSPS) is 16.2. The van der Waals surface area contributed by atoms with Gasteiger partial charge in [-0.25, -0.2) is 4.79 Å². The molecule has 1 atom stereocenters. The predicted molar refractivity (Wildman–Crippen MR) is 93.0 cm³/mol. The summed E-state index contributed by atoms with van der Waals surface area (Å²) in [4.78, 5) is 38.9. The van der Waals surface area contributed by atoms with Gasteiger partial charge in [0.15, 0.2) is 0 Å². The number of rotatable bonds is 5. The van der Waals surface area contributed by atoms with Gasteiger partial charge in [-0.2, -0.15) is 0 Å². The van der Waals surface area contributed by atoms with Crippen LogP contribution in [-0.2, 0) is 9.59 Å². The molecule has 0 saturated carbocycles. The molecule has 1 aliphatic rings. The first-order valence-electron chi connectivity index (χ1n) is 8.42. The van der Waals surface area contributed by atoms with Crippen molar-refractivity contribution in [3.63, 3.8) is 0 Å². The Bertz CT molecular complexity index is 610. The molecule has 3 amide bonds. The minimum Gasteiger partial charge on any atom is -0.481 e. The molecule has 2 N–H and O–H groups in total. The second kappa shape index (κ2) is 8.50. The lowest BCUT2D eigenvalue weighted by Crippen LogP contribution is -2.46. The summed E-state index contributed by atoms with van der Waals surface area (Å²) >= 11 is 0. The van der Waals surface area contributed by atoms with Gasteiger partial charge in [0.1, 0.15) is 0 Å². The third-order valence-electron chi connectivity index (χ3n) is 4.42. The van der Waals surface area contributed by atoms with Gasteiger partial charge in [0, 0.05) is 33.1 Å². The van der Waals surface area contributed by atoms with Crippen molar-refractivity contribution in [3.05, 3.63) is 35.9 Å². The van der Waals surface area contributed by atoms with Crippen LogP contribution >= 0.6 is 0 Å². The van der Waals surface area contributed by atoms with E-state index in [-0.39, 0.29) is 24.3 Å². The van der Waals surface area contributed by atoms with Crippen LogP contribution in [0.2, 0.25) is 0 Å². The smallest absolute Gasteiger partial charge is 0.319 e. The monoisotopic (exact) mass is 347 g/mol. The van der Waals surface area contributed by atoms with Crippen LogP contribution in [0.15, 0.2) is 30.3 Å². The maximum Gasteiger partial charge on any atom is 0.319 e. The second-order valence-electron chi connectivity index (χ2n) is 6.51. The summed E-state index contributed by atoms with van der Waals surface area (Å²) in [6, 6.07) is 8.52. The number of likely N-dealkylation sites (tertiary alicyclic amines) is 1. The van der Waals surface area contributed by atoms with Crippen LogP contribution in [0.3, 0.4) is 0 Å². The van der Waals surface area contributed by atoms with Gasteiger partial charge >= 0.3 is 12.0 Å². The Hall–Kier alpha value is -2.57. The molecule has 0 spiro atoms. The van der Waals surface area contributed by atoms with Crippen molar-refractivity contribution < 1.29 is 19.5 Å². The molecule has 7 nitrogen and oxygen atoms in total. The lowest BCUT2D eigenvalue weighted by atomic mass is 9.94. The van der Waals surface area contributed by atoms with Crippen LogP contribution in [0.5, 0.6) is 0 Å². The van der Waals surface area contributed by atoms with Crippen molar-refractivity contribution in [3.8, 4) is 0 Å². The van der Waals surface area contributed by atoms with E-state index in [0.29, 0.717) is 25.9 Å². The van der Waals surface area contributed by atoms with Crippen molar-refractivity contribution >= 4 is 17.9 Å². The molecule has 1 fully saturated rings. The van der Waals surface area contributed by atoms with E-state index in [4.69, 9.17) is 5.11 Å². The van der Waals surface area contributed by atoms with Crippen molar-refractivity contribution in [2.24, 2.45) is 5.92 Å². The van der Waals surface area contributed by atoms with Crippen LogP contribution < -0.4 is 5.32 Å². The van der Waals surface area contributed by atoms with Gasteiger partial charge < -0.3 is 20.2 Å². The Morgan fingerprint density at radius 2 is 1.80 bits per heavy atom. The number of carbonyl (C=O) groups excluding carboxylic acids is 2. The molecule has 0 radical (unpaired) electrons. The van der Waals surface area contributed by atoms with Gasteiger partial charge in [-0.1, -0.05) is 30.3 Å². The highest BCUT2D eigenvalue weighted by atomic mass is 16.4. The van der Waals surface area contributed by atoms with Crippen LogP contribution in [0.25, 0.3) is 0 Å². The number of hydrogen-bond acceptors (Lipinski definition) is 3. The number of benzene rings is 1. The SMILES string of the molecule is CN(C)C(=O)N1CCC(C(=O)NC(CC(=O)O)c2ccccc2)CC1. The Morgan fingerprint density at radius 3 is 2.32 bits per heavy atom. The zero-order valence-electron chi connectivity index (χ0n) is 14.6. The fourth-order valence-electron chi connectivity index (χ4n) is 3.02. The average Bonchev–Trinajstić information content (AvgIpc) is 2.61. The number of hydrogen-bond donors (Lipinski definition) is 2. The summed E-state index contributed by atoms with van der Waals surface area (Å²) in [6.45, 7) is 1.06. The maximum atomic E-state index is 12.6. The summed E-state index contributed by atoms with van der Waals surface area (Å²) in [5.41, 5.74) is 0.776. The van der Waals surface area contributed by atoms with E-state index in [1.807, 2.05) is 30.3 Å². The first-order valence-corrected chi connectivity index (χ1v) is 8.42. The highest BCUT2D eigenvalue weighted by molar-refractivity contribution is 5.81. The molecule has 1 heterocycles. The molecule has 1 aromatic carbocycles. The van der Waals surface area contributed by atoms with Gasteiger partial charge in [-0.05, 0) is 18.4 Å². The second-order valence-corrected chi connectivity index (χ2v) is 6.51. The summed E-state index contributed by atoms with van der Waals surface area (Å²) in [7, 11) is 3.41. The maximum absolute atomic E-state index is 12.6. The Labute approximate surface area is 147 Å². The zero-order chi connectivity index (χ0) is 18.4. The number of aliphatic carboxylic acids is 1. The molecule has 0 bridgehead atoms. The van der Waals surface area contributed by atoms with E-state index in [2.05, 4.69) is 5.32 Å². The van der Waals surface area contributed by atoms with Crippen LogP contribution in [0.4, 0.5) is 4.79 Å². The predicted octanol–water partition coefficient (Wildman–Crippen LogP) is 1.71. The van der Waals surface area contributed by atoms with Crippen molar-refractivity contribution in [1.29, 1.82) is 0 Å². The van der Waals surface area contributed by atoms with Gasteiger partial charge in [0.25, 0.3) is 0 Å². The van der Waals surface area contributed by atoms with Gasteiger partial charge in [-0.3, -0.25) is 9.59 Å². The molecule has 2 rings (SSSR count). The van der Waals surface area contributed by atoms with Crippen LogP contribution in [0.1, 0.15) is 30.9 Å². The van der Waals surface area contributed by atoms with Gasteiger partial charge in [0.05, 0.1) is 12.5 Å². The van der Waals surface area contributed by atoms with Crippen molar-refractivity contribution in [2.75, 3.05) is 27.2 Å². The number of carboxylic acids is 1. The molecular formula is C18H25N3O4. The number of carbonyl (C=O) groups is 3. The summed E-state index contributed by atoms with van der Waals surface area (Å²) in [6.07, 6.45) is 1.01. The van der Waals surface area contributed by atoms with E-state index >= 15 is 0 Å². The molecular weight excluding hydrogens is 322 g/mol. The largest absolute Gasteiger partial charge is 0.481 e. The third-order valence-corrected chi connectivity index (χ3v) is 4.42. The lowest BCUT2D eigenvalue weighted by Gasteiger charge is -2.33. The summed E-state index contributed by atoms with van der Waals surface area (Å²) in [5.74, 6) is -1.31. The van der Waals surface area contributed by atoms with E-state index in [1.165, 1.54) is 4.90 Å². The quantitative estimate of drug-likeness (QED) is 0.848. The third kappa shape index (κ3) is 5.20. The molecule has 1 unspecified atom stereocenters. The Kier molecular flexibility index (Phi) is 6.38. The van der Waals surface area contributed by atoms with Crippen molar-refractivity contribution in [1.82, 2.24) is 15.1 Å². The van der Waals surface area contributed by atoms with E-state index in [9.17, 15) is 14.4 Å². The van der Waals surface area contributed by atoms with Crippen molar-refractivity contribution in [2.45, 2.75) is 25.3 Å². The average molecular weight is 347 g/mol. The minimum absolute atomic E-state index is 0.0492.